The quantitative estimate of drug-likeness (QED) is 0.421. The zero-order valence-electron chi connectivity index (χ0n) is 9.34. The molecule has 0 bridgehead atoms. The summed E-state index contributed by atoms with van der Waals surface area (Å²) in [6.07, 6.45) is 11.4. The fraction of sp³-hybridized carbons (Fsp3) is 0.769. The Labute approximate surface area is 100 Å². The molecule has 0 aromatic heterocycles. The Balaban J connectivity index is 1.85. The monoisotopic (exact) mass is 270 g/mol. The van der Waals surface area contributed by atoms with Gasteiger partial charge >= 0.3 is 0 Å². The number of halogens is 1. The van der Waals surface area contributed by atoms with Gasteiger partial charge in [-0.25, -0.2) is 0 Å². The molecule has 0 amide bonds. The van der Waals surface area contributed by atoms with E-state index in [1.54, 1.807) is 0 Å². The average molecular weight is 271 g/mol. The lowest BCUT2D eigenvalue weighted by Crippen LogP contribution is -2.57. The minimum absolute atomic E-state index is 0.182. The number of Topliss-reactive ketones (excluding diaryl/α,β-unsaturated/α-hetero) is 1. The Hall–Kier alpha value is -0.110. The highest BCUT2D eigenvalue weighted by Crippen LogP contribution is 2.54. The van der Waals surface area contributed by atoms with Crippen molar-refractivity contribution in [1.29, 1.82) is 0 Å². The zero-order valence-corrected chi connectivity index (χ0v) is 10.9. The van der Waals surface area contributed by atoms with Crippen molar-refractivity contribution in [3.05, 3.63) is 12.2 Å². The van der Waals surface area contributed by atoms with Crippen LogP contribution in [-0.4, -0.2) is 10.1 Å². The molecule has 0 aromatic carbocycles. The SMILES string of the molecule is CCCCCC[C@]1(Br)C(=O)[C@H]2CC=C[C@H]21. The van der Waals surface area contributed by atoms with Gasteiger partial charge in [0.2, 0.25) is 0 Å². The Kier molecular flexibility index (Phi) is 3.34. The predicted molar refractivity (Wildman–Crippen MR) is 66.2 cm³/mol. The van der Waals surface area contributed by atoms with Gasteiger partial charge in [0.25, 0.3) is 0 Å². The highest BCUT2D eigenvalue weighted by Gasteiger charge is 2.59. The molecule has 0 spiro atoms. The van der Waals surface area contributed by atoms with E-state index in [2.05, 4.69) is 35.0 Å². The molecule has 3 atom stereocenters. The molecule has 2 aliphatic carbocycles. The van der Waals surface area contributed by atoms with Crippen LogP contribution in [-0.2, 0) is 4.79 Å². The summed E-state index contributed by atoms with van der Waals surface area (Å²) in [5.74, 6) is 1.26. The van der Waals surface area contributed by atoms with Crippen LogP contribution >= 0.6 is 15.9 Å². The molecule has 2 aliphatic rings. The standard InChI is InChI=1S/C13H19BrO/c1-2-3-4-5-9-13(14)11-8-6-7-10(11)12(13)15/h6,8,10-11H,2-5,7,9H2,1H3/t10-,11+,13+/m0/s1. The van der Waals surface area contributed by atoms with E-state index in [1.807, 2.05) is 0 Å². The summed E-state index contributed by atoms with van der Waals surface area (Å²) in [6.45, 7) is 2.22. The van der Waals surface area contributed by atoms with Crippen molar-refractivity contribution >= 4 is 21.7 Å². The number of fused-ring (bicyclic) bond motifs is 1. The molecule has 0 unspecified atom stereocenters. The first kappa shape index (κ1) is 11.4. The molecule has 0 radical (unpaired) electrons. The molecule has 84 valence electrons. The molecule has 0 N–H and O–H groups in total. The van der Waals surface area contributed by atoms with Crippen LogP contribution in [0.15, 0.2) is 12.2 Å². The van der Waals surface area contributed by atoms with E-state index < -0.39 is 0 Å². The third kappa shape index (κ3) is 1.82. The van der Waals surface area contributed by atoms with Crippen LogP contribution < -0.4 is 0 Å². The zero-order chi connectivity index (χ0) is 10.9. The maximum Gasteiger partial charge on any atom is 0.154 e. The van der Waals surface area contributed by atoms with Crippen molar-refractivity contribution in [2.24, 2.45) is 11.8 Å². The molecule has 2 rings (SSSR count). The summed E-state index contributed by atoms with van der Waals surface area (Å²) in [5.41, 5.74) is 0. The van der Waals surface area contributed by atoms with Gasteiger partial charge in [-0.15, -0.1) is 0 Å². The first-order valence-electron chi connectivity index (χ1n) is 6.10. The molecular formula is C13H19BrO. The Morgan fingerprint density at radius 2 is 2.27 bits per heavy atom. The summed E-state index contributed by atoms with van der Waals surface area (Å²) in [5, 5.41) is 0. The fourth-order valence-corrected chi connectivity index (χ4v) is 3.92. The summed E-state index contributed by atoms with van der Waals surface area (Å²) >= 11 is 3.69. The second kappa shape index (κ2) is 4.40. The number of carbonyl (C=O) groups excluding carboxylic acids is 1. The van der Waals surface area contributed by atoms with E-state index in [-0.39, 0.29) is 4.32 Å². The van der Waals surface area contributed by atoms with Gasteiger partial charge in [-0.1, -0.05) is 60.7 Å². The number of carbonyl (C=O) groups is 1. The van der Waals surface area contributed by atoms with Gasteiger partial charge in [0.15, 0.2) is 5.78 Å². The molecule has 1 nitrogen and oxygen atoms in total. The molecule has 1 saturated carbocycles. The molecule has 0 heterocycles. The maximum atomic E-state index is 11.9. The third-order valence-corrected chi connectivity index (χ3v) is 5.15. The summed E-state index contributed by atoms with van der Waals surface area (Å²) < 4.78 is -0.182. The Morgan fingerprint density at radius 1 is 1.47 bits per heavy atom. The van der Waals surface area contributed by atoms with Crippen molar-refractivity contribution in [2.75, 3.05) is 0 Å². The van der Waals surface area contributed by atoms with Gasteiger partial charge in [0, 0.05) is 11.8 Å². The second-order valence-electron chi connectivity index (χ2n) is 4.83. The molecule has 0 aliphatic heterocycles. The first-order valence-corrected chi connectivity index (χ1v) is 6.89. The van der Waals surface area contributed by atoms with E-state index in [1.165, 1.54) is 25.7 Å². The number of rotatable bonds is 5. The van der Waals surface area contributed by atoms with Gasteiger partial charge in [0.1, 0.15) is 0 Å². The van der Waals surface area contributed by atoms with Crippen molar-refractivity contribution in [1.82, 2.24) is 0 Å². The molecule has 2 heteroatoms. The van der Waals surface area contributed by atoms with Crippen LogP contribution in [0.1, 0.15) is 45.4 Å². The smallest absolute Gasteiger partial charge is 0.154 e. The minimum Gasteiger partial charge on any atom is -0.298 e. The molecule has 0 aromatic rings. The van der Waals surface area contributed by atoms with Crippen LogP contribution in [0.3, 0.4) is 0 Å². The minimum atomic E-state index is -0.182. The Bertz CT molecular complexity index is 284. The number of alkyl halides is 1. The number of unbranched alkanes of at least 4 members (excludes halogenated alkanes) is 3. The lowest BCUT2D eigenvalue weighted by atomic mass is 9.63. The third-order valence-electron chi connectivity index (χ3n) is 3.84. The number of allylic oxidation sites excluding steroid dienone is 2. The largest absolute Gasteiger partial charge is 0.298 e. The number of ketones is 1. The van der Waals surface area contributed by atoms with Crippen molar-refractivity contribution in [3.8, 4) is 0 Å². The van der Waals surface area contributed by atoms with E-state index in [0.717, 1.165) is 12.8 Å². The normalized spacial score (nSPS) is 37.9. The van der Waals surface area contributed by atoms with Crippen molar-refractivity contribution < 1.29 is 4.79 Å². The van der Waals surface area contributed by atoms with Crippen LogP contribution in [0.25, 0.3) is 0 Å². The van der Waals surface area contributed by atoms with Crippen molar-refractivity contribution in [3.63, 3.8) is 0 Å². The van der Waals surface area contributed by atoms with Gasteiger partial charge in [-0.3, -0.25) is 4.79 Å². The number of hydrogen-bond acceptors (Lipinski definition) is 1. The van der Waals surface area contributed by atoms with Gasteiger partial charge in [-0.2, -0.15) is 0 Å². The van der Waals surface area contributed by atoms with Crippen LogP contribution in [0.5, 0.6) is 0 Å². The van der Waals surface area contributed by atoms with E-state index in [4.69, 9.17) is 0 Å². The van der Waals surface area contributed by atoms with E-state index in [9.17, 15) is 4.79 Å². The Morgan fingerprint density at radius 3 is 3.00 bits per heavy atom. The fourth-order valence-electron chi connectivity index (χ4n) is 2.87. The van der Waals surface area contributed by atoms with Crippen LogP contribution in [0.4, 0.5) is 0 Å². The average Bonchev–Trinajstić information content (AvgIpc) is 2.70. The summed E-state index contributed by atoms with van der Waals surface area (Å²) in [4.78, 5) is 11.9. The molecule has 15 heavy (non-hydrogen) atoms. The van der Waals surface area contributed by atoms with E-state index >= 15 is 0 Å². The van der Waals surface area contributed by atoms with Crippen LogP contribution in [0.2, 0.25) is 0 Å². The highest BCUT2D eigenvalue weighted by molar-refractivity contribution is 9.10. The van der Waals surface area contributed by atoms with Gasteiger partial charge in [-0.05, 0) is 12.8 Å². The van der Waals surface area contributed by atoms with Gasteiger partial charge in [0.05, 0.1) is 4.32 Å². The predicted octanol–water partition coefficient (Wildman–Crippen LogP) is 3.87. The maximum absolute atomic E-state index is 11.9. The van der Waals surface area contributed by atoms with Gasteiger partial charge < -0.3 is 0 Å². The number of hydrogen-bond donors (Lipinski definition) is 0. The summed E-state index contributed by atoms with van der Waals surface area (Å²) in [6, 6.07) is 0. The molecule has 0 saturated heterocycles. The lowest BCUT2D eigenvalue weighted by Gasteiger charge is -2.46. The highest BCUT2D eigenvalue weighted by atomic mass is 79.9. The molecular weight excluding hydrogens is 252 g/mol. The summed E-state index contributed by atoms with van der Waals surface area (Å²) in [7, 11) is 0. The topological polar surface area (TPSA) is 17.1 Å². The first-order chi connectivity index (χ1) is 7.20. The lowest BCUT2D eigenvalue weighted by molar-refractivity contribution is -0.136. The second-order valence-corrected chi connectivity index (χ2v) is 6.25. The molecule has 1 fully saturated rings. The van der Waals surface area contributed by atoms with Crippen molar-refractivity contribution in [2.45, 2.75) is 49.8 Å². The van der Waals surface area contributed by atoms with Crippen LogP contribution in [0, 0.1) is 11.8 Å². The van der Waals surface area contributed by atoms with E-state index in [0.29, 0.717) is 17.6 Å².